The molecule has 0 spiro atoms. The van der Waals surface area contributed by atoms with E-state index in [0.29, 0.717) is 0 Å². The molecule has 19 heavy (non-hydrogen) atoms. The molecule has 3 nitrogen and oxygen atoms in total. The number of nitrogens with one attached hydrogen (secondary N) is 1. The van der Waals surface area contributed by atoms with Crippen molar-refractivity contribution in [2.24, 2.45) is 11.7 Å². The van der Waals surface area contributed by atoms with Gasteiger partial charge in [0, 0.05) is 0 Å². The summed E-state index contributed by atoms with van der Waals surface area (Å²) in [5.41, 5.74) is 9.50. The van der Waals surface area contributed by atoms with Crippen LogP contribution in [0.4, 0.5) is 0 Å². The number of rotatable bonds is 5. The number of hydrogen-bond donors (Lipinski definition) is 2. The summed E-state index contributed by atoms with van der Waals surface area (Å²) in [6.45, 7) is 10.2. The maximum Gasteiger partial charge on any atom is 0.237 e. The Labute approximate surface area is 116 Å². The second kappa shape index (κ2) is 6.71. The largest absolute Gasteiger partial charge is 0.348 e. The second-order valence-electron chi connectivity index (χ2n) is 5.50. The van der Waals surface area contributed by atoms with Crippen LogP contribution in [0, 0.1) is 19.8 Å². The summed E-state index contributed by atoms with van der Waals surface area (Å²) in [6.07, 6.45) is 0.909. The van der Waals surface area contributed by atoms with Crippen LogP contribution in [0.2, 0.25) is 0 Å². The Morgan fingerprint density at radius 2 is 1.95 bits per heavy atom. The highest BCUT2D eigenvalue weighted by atomic mass is 16.2. The lowest BCUT2D eigenvalue weighted by Gasteiger charge is -2.22. The van der Waals surface area contributed by atoms with Crippen LogP contribution in [0.3, 0.4) is 0 Å². The number of benzene rings is 1. The molecule has 3 N–H and O–H groups in total. The number of amides is 1. The molecule has 1 rings (SSSR count). The molecule has 0 radical (unpaired) electrons. The van der Waals surface area contributed by atoms with Crippen LogP contribution in [0.5, 0.6) is 0 Å². The van der Waals surface area contributed by atoms with Gasteiger partial charge in [0.15, 0.2) is 0 Å². The van der Waals surface area contributed by atoms with E-state index in [1.54, 1.807) is 0 Å². The monoisotopic (exact) mass is 262 g/mol. The molecule has 0 aliphatic rings. The molecule has 106 valence electrons. The number of carbonyl (C=O) groups is 1. The van der Waals surface area contributed by atoms with Crippen molar-refractivity contribution in [1.29, 1.82) is 0 Å². The molecule has 0 heterocycles. The first-order valence-electron chi connectivity index (χ1n) is 6.99. The van der Waals surface area contributed by atoms with Crippen molar-refractivity contribution in [1.82, 2.24) is 5.32 Å². The molecule has 0 fully saturated rings. The Morgan fingerprint density at radius 3 is 2.53 bits per heavy atom. The highest BCUT2D eigenvalue weighted by Gasteiger charge is 2.21. The second-order valence-corrected chi connectivity index (χ2v) is 5.50. The summed E-state index contributed by atoms with van der Waals surface area (Å²) < 4.78 is 0. The van der Waals surface area contributed by atoms with Gasteiger partial charge in [0.25, 0.3) is 0 Å². The van der Waals surface area contributed by atoms with Crippen molar-refractivity contribution >= 4 is 5.91 Å². The first-order chi connectivity index (χ1) is 8.86. The zero-order valence-corrected chi connectivity index (χ0v) is 12.7. The maximum atomic E-state index is 12.1. The van der Waals surface area contributed by atoms with E-state index in [0.717, 1.165) is 12.0 Å². The van der Waals surface area contributed by atoms with Gasteiger partial charge in [-0.05, 0) is 37.8 Å². The Balaban J connectivity index is 2.76. The highest BCUT2D eigenvalue weighted by Crippen LogP contribution is 2.19. The van der Waals surface area contributed by atoms with Crippen molar-refractivity contribution in [3.63, 3.8) is 0 Å². The average molecular weight is 262 g/mol. The summed E-state index contributed by atoms with van der Waals surface area (Å²) in [6, 6.07) is 5.84. The molecular formula is C16H26N2O. The minimum absolute atomic E-state index is 0.0116. The molecule has 0 saturated heterocycles. The normalized spacial score (nSPS) is 15.7. The summed E-state index contributed by atoms with van der Waals surface area (Å²) in [5.74, 6) is 0.133. The molecule has 0 saturated carbocycles. The maximum absolute atomic E-state index is 12.1. The van der Waals surface area contributed by atoms with Crippen LogP contribution >= 0.6 is 0 Å². The molecule has 0 bridgehead atoms. The SMILES string of the molecule is CCC(C)C(N)C(=O)NC(C)c1cc(C)ccc1C. The Bertz CT molecular complexity index is 442. The van der Waals surface area contributed by atoms with Gasteiger partial charge in [0.2, 0.25) is 5.91 Å². The fourth-order valence-corrected chi connectivity index (χ4v) is 2.13. The summed E-state index contributed by atoms with van der Waals surface area (Å²) in [5, 5.41) is 3.02. The molecular weight excluding hydrogens is 236 g/mol. The summed E-state index contributed by atoms with van der Waals surface area (Å²) in [4.78, 5) is 12.1. The summed E-state index contributed by atoms with van der Waals surface area (Å²) >= 11 is 0. The fraction of sp³-hybridized carbons (Fsp3) is 0.562. The molecule has 0 aliphatic heterocycles. The lowest BCUT2D eigenvalue weighted by molar-refractivity contribution is -0.124. The van der Waals surface area contributed by atoms with Crippen LogP contribution in [0.25, 0.3) is 0 Å². The molecule has 3 atom stereocenters. The van der Waals surface area contributed by atoms with Gasteiger partial charge in [-0.3, -0.25) is 4.79 Å². The predicted octanol–water partition coefficient (Wildman–Crippen LogP) is 2.85. The lowest BCUT2D eigenvalue weighted by Crippen LogP contribution is -2.45. The minimum atomic E-state index is -0.433. The predicted molar refractivity (Wildman–Crippen MR) is 79.9 cm³/mol. The van der Waals surface area contributed by atoms with E-state index in [9.17, 15) is 4.79 Å². The third-order valence-electron chi connectivity index (χ3n) is 3.82. The van der Waals surface area contributed by atoms with E-state index < -0.39 is 6.04 Å². The Morgan fingerprint density at radius 1 is 1.32 bits per heavy atom. The topological polar surface area (TPSA) is 55.1 Å². The fourth-order valence-electron chi connectivity index (χ4n) is 2.13. The van der Waals surface area contributed by atoms with E-state index in [1.165, 1.54) is 11.1 Å². The number of aryl methyl sites for hydroxylation is 2. The minimum Gasteiger partial charge on any atom is -0.348 e. The van der Waals surface area contributed by atoms with Crippen LogP contribution in [0.15, 0.2) is 18.2 Å². The van der Waals surface area contributed by atoms with E-state index in [2.05, 4.69) is 37.4 Å². The third kappa shape index (κ3) is 4.06. The molecule has 1 amide bonds. The van der Waals surface area contributed by atoms with Crippen molar-refractivity contribution in [3.05, 3.63) is 34.9 Å². The van der Waals surface area contributed by atoms with Gasteiger partial charge in [-0.2, -0.15) is 0 Å². The van der Waals surface area contributed by atoms with Gasteiger partial charge in [-0.15, -0.1) is 0 Å². The van der Waals surface area contributed by atoms with Crippen LogP contribution in [-0.4, -0.2) is 11.9 Å². The molecule has 3 heteroatoms. The van der Waals surface area contributed by atoms with Crippen molar-refractivity contribution in [2.75, 3.05) is 0 Å². The zero-order valence-electron chi connectivity index (χ0n) is 12.7. The number of nitrogens with two attached hydrogens (primary N) is 1. The number of hydrogen-bond acceptors (Lipinski definition) is 2. The zero-order chi connectivity index (χ0) is 14.6. The van der Waals surface area contributed by atoms with Gasteiger partial charge in [-0.1, -0.05) is 44.0 Å². The molecule has 0 aliphatic carbocycles. The van der Waals surface area contributed by atoms with Gasteiger partial charge >= 0.3 is 0 Å². The molecule has 1 aromatic rings. The van der Waals surface area contributed by atoms with E-state index in [-0.39, 0.29) is 17.9 Å². The molecule has 0 aromatic heterocycles. The quantitative estimate of drug-likeness (QED) is 0.857. The first kappa shape index (κ1) is 15.7. The lowest BCUT2D eigenvalue weighted by atomic mass is 9.97. The average Bonchev–Trinajstić information content (AvgIpc) is 2.39. The van der Waals surface area contributed by atoms with Gasteiger partial charge in [0.1, 0.15) is 0 Å². The first-order valence-corrected chi connectivity index (χ1v) is 6.99. The number of carbonyl (C=O) groups excluding carboxylic acids is 1. The van der Waals surface area contributed by atoms with Gasteiger partial charge < -0.3 is 11.1 Å². The Kier molecular flexibility index (Phi) is 5.55. The smallest absolute Gasteiger partial charge is 0.237 e. The molecule has 1 aromatic carbocycles. The van der Waals surface area contributed by atoms with Crippen molar-refractivity contribution < 1.29 is 4.79 Å². The van der Waals surface area contributed by atoms with Crippen molar-refractivity contribution in [2.45, 2.75) is 53.1 Å². The van der Waals surface area contributed by atoms with Crippen LogP contribution in [0.1, 0.15) is 49.9 Å². The standard InChI is InChI=1S/C16H26N2O/c1-6-11(3)15(17)16(19)18-13(5)14-9-10(2)7-8-12(14)4/h7-9,11,13,15H,6,17H2,1-5H3,(H,18,19). The highest BCUT2D eigenvalue weighted by molar-refractivity contribution is 5.82. The Hall–Kier alpha value is -1.35. The molecule has 3 unspecified atom stereocenters. The van der Waals surface area contributed by atoms with E-state index in [4.69, 9.17) is 5.73 Å². The van der Waals surface area contributed by atoms with Crippen LogP contribution < -0.4 is 11.1 Å². The van der Waals surface area contributed by atoms with Gasteiger partial charge in [-0.25, -0.2) is 0 Å². The van der Waals surface area contributed by atoms with Crippen LogP contribution in [-0.2, 0) is 4.79 Å². The van der Waals surface area contributed by atoms with Gasteiger partial charge in [0.05, 0.1) is 12.1 Å². The third-order valence-corrected chi connectivity index (χ3v) is 3.82. The summed E-state index contributed by atoms with van der Waals surface area (Å²) in [7, 11) is 0. The van der Waals surface area contributed by atoms with E-state index >= 15 is 0 Å². The van der Waals surface area contributed by atoms with E-state index in [1.807, 2.05) is 20.8 Å². The van der Waals surface area contributed by atoms with Crippen molar-refractivity contribution in [3.8, 4) is 0 Å².